The highest BCUT2D eigenvalue weighted by Crippen LogP contribution is 2.20. The summed E-state index contributed by atoms with van der Waals surface area (Å²) in [6.07, 6.45) is -0.575. The molecule has 0 saturated carbocycles. The molecule has 2 amide bonds. The fraction of sp³-hybridized carbons (Fsp3) is 0.263. The lowest BCUT2D eigenvalue weighted by Crippen LogP contribution is -2.19. The first-order valence-corrected chi connectivity index (χ1v) is 8.12. The van der Waals surface area contributed by atoms with E-state index < -0.39 is 12.2 Å². The van der Waals surface area contributed by atoms with E-state index in [0.29, 0.717) is 17.1 Å². The number of aryl methyl sites for hydroxylation is 1. The molecule has 2 N–H and O–H groups in total. The SMILES string of the molecule is CCc1ccccc1NC(=O)Oc1cccc(NC(=O)OC(C)C)c1. The minimum absolute atomic E-state index is 0.219. The number of hydrogen-bond donors (Lipinski definition) is 2. The second-order valence-corrected chi connectivity index (χ2v) is 5.63. The van der Waals surface area contributed by atoms with Gasteiger partial charge in [0.15, 0.2) is 0 Å². The Kier molecular flexibility index (Phi) is 6.39. The van der Waals surface area contributed by atoms with E-state index in [-0.39, 0.29) is 6.10 Å². The van der Waals surface area contributed by atoms with Crippen LogP contribution in [0.15, 0.2) is 48.5 Å². The van der Waals surface area contributed by atoms with Gasteiger partial charge in [-0.2, -0.15) is 0 Å². The molecule has 6 heteroatoms. The number of rotatable bonds is 5. The van der Waals surface area contributed by atoms with Crippen LogP contribution in [0, 0.1) is 0 Å². The molecule has 25 heavy (non-hydrogen) atoms. The highest BCUT2D eigenvalue weighted by Gasteiger charge is 2.10. The highest BCUT2D eigenvalue weighted by molar-refractivity contribution is 5.88. The summed E-state index contributed by atoms with van der Waals surface area (Å²) in [5, 5.41) is 5.31. The molecule has 6 nitrogen and oxygen atoms in total. The van der Waals surface area contributed by atoms with Crippen LogP contribution in [0.3, 0.4) is 0 Å². The van der Waals surface area contributed by atoms with E-state index in [9.17, 15) is 9.59 Å². The molecule has 0 aliphatic carbocycles. The van der Waals surface area contributed by atoms with Crippen molar-refractivity contribution in [2.24, 2.45) is 0 Å². The van der Waals surface area contributed by atoms with Gasteiger partial charge in [-0.3, -0.25) is 10.6 Å². The molecule has 0 heterocycles. The van der Waals surface area contributed by atoms with Crippen molar-refractivity contribution in [2.75, 3.05) is 10.6 Å². The Morgan fingerprint density at radius 3 is 2.48 bits per heavy atom. The Bertz CT molecular complexity index is 744. The highest BCUT2D eigenvalue weighted by atomic mass is 16.6. The molecule has 132 valence electrons. The molecule has 2 aromatic rings. The molecule has 0 radical (unpaired) electrons. The lowest BCUT2D eigenvalue weighted by atomic mass is 10.1. The zero-order valence-corrected chi connectivity index (χ0v) is 14.5. The van der Waals surface area contributed by atoms with Crippen molar-refractivity contribution in [1.29, 1.82) is 0 Å². The maximum atomic E-state index is 12.1. The second kappa shape index (κ2) is 8.73. The van der Waals surface area contributed by atoms with Crippen molar-refractivity contribution < 1.29 is 19.1 Å². The molecular formula is C19H22N2O4. The normalized spacial score (nSPS) is 10.2. The Hall–Kier alpha value is -3.02. The van der Waals surface area contributed by atoms with Crippen molar-refractivity contribution in [1.82, 2.24) is 0 Å². The van der Waals surface area contributed by atoms with Crippen LogP contribution in [-0.2, 0) is 11.2 Å². The predicted molar refractivity (Wildman–Crippen MR) is 97.1 cm³/mol. The monoisotopic (exact) mass is 342 g/mol. The maximum Gasteiger partial charge on any atom is 0.417 e. The molecule has 0 spiro atoms. The van der Waals surface area contributed by atoms with Gasteiger partial charge in [-0.1, -0.05) is 31.2 Å². The van der Waals surface area contributed by atoms with Gasteiger partial charge in [-0.05, 0) is 44.0 Å². The van der Waals surface area contributed by atoms with Crippen LogP contribution in [0.2, 0.25) is 0 Å². The average Bonchev–Trinajstić information content (AvgIpc) is 2.54. The number of amides is 2. The van der Waals surface area contributed by atoms with Gasteiger partial charge in [0.05, 0.1) is 6.10 Å². The summed E-state index contributed by atoms with van der Waals surface area (Å²) in [5.74, 6) is 0.314. The van der Waals surface area contributed by atoms with E-state index in [0.717, 1.165) is 12.0 Å². The smallest absolute Gasteiger partial charge is 0.417 e. The van der Waals surface area contributed by atoms with Crippen molar-refractivity contribution >= 4 is 23.6 Å². The first kappa shape index (κ1) is 18.3. The molecule has 0 fully saturated rings. The van der Waals surface area contributed by atoms with Gasteiger partial charge in [0.2, 0.25) is 0 Å². The van der Waals surface area contributed by atoms with Gasteiger partial charge in [0.25, 0.3) is 0 Å². The number of nitrogens with one attached hydrogen (secondary N) is 2. The zero-order chi connectivity index (χ0) is 18.2. The van der Waals surface area contributed by atoms with Gasteiger partial charge in [0.1, 0.15) is 5.75 Å². The number of para-hydroxylation sites is 1. The molecule has 2 aromatic carbocycles. The molecule has 0 aliphatic heterocycles. The third kappa shape index (κ3) is 5.84. The van der Waals surface area contributed by atoms with Gasteiger partial charge in [-0.15, -0.1) is 0 Å². The van der Waals surface area contributed by atoms with Gasteiger partial charge in [0, 0.05) is 17.4 Å². The van der Waals surface area contributed by atoms with E-state index in [2.05, 4.69) is 10.6 Å². The molecule has 2 rings (SSSR count). The van der Waals surface area contributed by atoms with E-state index >= 15 is 0 Å². The lowest BCUT2D eigenvalue weighted by Gasteiger charge is -2.12. The molecule has 0 unspecified atom stereocenters. The summed E-state index contributed by atoms with van der Waals surface area (Å²) in [5.41, 5.74) is 2.21. The standard InChI is InChI=1S/C19H22N2O4/c1-4-14-8-5-6-11-17(14)21-19(23)25-16-10-7-9-15(12-16)20-18(22)24-13(2)3/h5-13H,4H2,1-3H3,(H,20,22)(H,21,23). The minimum Gasteiger partial charge on any atom is -0.447 e. The van der Waals surface area contributed by atoms with Crippen LogP contribution in [0.25, 0.3) is 0 Å². The molecular weight excluding hydrogens is 320 g/mol. The first-order chi connectivity index (χ1) is 12.0. The van der Waals surface area contributed by atoms with Crippen LogP contribution >= 0.6 is 0 Å². The summed E-state index contributed by atoms with van der Waals surface area (Å²) < 4.78 is 10.3. The van der Waals surface area contributed by atoms with E-state index in [1.165, 1.54) is 0 Å². The van der Waals surface area contributed by atoms with Gasteiger partial charge in [-0.25, -0.2) is 9.59 Å². The molecule has 0 saturated heterocycles. The van der Waals surface area contributed by atoms with Crippen LogP contribution in [0.1, 0.15) is 26.3 Å². The first-order valence-electron chi connectivity index (χ1n) is 8.12. The average molecular weight is 342 g/mol. The number of carbonyl (C=O) groups excluding carboxylic acids is 2. The molecule has 0 bridgehead atoms. The minimum atomic E-state index is -0.595. The summed E-state index contributed by atoms with van der Waals surface area (Å²) in [6, 6.07) is 14.1. The maximum absolute atomic E-state index is 12.1. The Morgan fingerprint density at radius 1 is 1.00 bits per heavy atom. The Morgan fingerprint density at radius 2 is 1.76 bits per heavy atom. The van der Waals surface area contributed by atoms with Crippen molar-refractivity contribution in [3.05, 3.63) is 54.1 Å². The Labute approximate surface area is 147 Å². The molecule has 0 atom stereocenters. The summed E-state index contributed by atoms with van der Waals surface area (Å²) in [4.78, 5) is 23.7. The number of benzene rings is 2. The Balaban J connectivity index is 1.99. The molecule has 0 aliphatic rings. The number of ether oxygens (including phenoxy) is 2. The van der Waals surface area contributed by atoms with Crippen LogP contribution in [0.5, 0.6) is 5.75 Å². The van der Waals surface area contributed by atoms with Gasteiger partial charge < -0.3 is 9.47 Å². The van der Waals surface area contributed by atoms with E-state index in [4.69, 9.17) is 9.47 Å². The summed E-state index contributed by atoms with van der Waals surface area (Å²) >= 11 is 0. The lowest BCUT2D eigenvalue weighted by molar-refractivity contribution is 0.130. The van der Waals surface area contributed by atoms with E-state index in [1.54, 1.807) is 38.1 Å². The van der Waals surface area contributed by atoms with Crippen LogP contribution in [-0.4, -0.2) is 18.3 Å². The van der Waals surface area contributed by atoms with Crippen LogP contribution in [0.4, 0.5) is 21.0 Å². The summed E-state index contributed by atoms with van der Waals surface area (Å²) in [7, 11) is 0. The summed E-state index contributed by atoms with van der Waals surface area (Å²) in [6.45, 7) is 5.53. The van der Waals surface area contributed by atoms with Crippen molar-refractivity contribution in [3.8, 4) is 5.75 Å². The fourth-order valence-corrected chi connectivity index (χ4v) is 2.19. The zero-order valence-electron chi connectivity index (χ0n) is 14.5. The largest absolute Gasteiger partial charge is 0.447 e. The predicted octanol–water partition coefficient (Wildman–Crippen LogP) is 4.82. The third-order valence-corrected chi connectivity index (χ3v) is 3.27. The van der Waals surface area contributed by atoms with E-state index in [1.807, 2.05) is 31.2 Å². The third-order valence-electron chi connectivity index (χ3n) is 3.27. The number of carbonyl (C=O) groups is 2. The van der Waals surface area contributed by atoms with Crippen molar-refractivity contribution in [3.63, 3.8) is 0 Å². The molecule has 0 aromatic heterocycles. The second-order valence-electron chi connectivity index (χ2n) is 5.63. The quantitative estimate of drug-likeness (QED) is 0.817. The number of anilines is 2. The van der Waals surface area contributed by atoms with Crippen LogP contribution < -0.4 is 15.4 Å². The number of hydrogen-bond acceptors (Lipinski definition) is 4. The topological polar surface area (TPSA) is 76.7 Å². The van der Waals surface area contributed by atoms with Gasteiger partial charge >= 0.3 is 12.2 Å². The van der Waals surface area contributed by atoms with Crippen molar-refractivity contribution in [2.45, 2.75) is 33.3 Å². The fourth-order valence-electron chi connectivity index (χ4n) is 2.19.